The van der Waals surface area contributed by atoms with Crippen molar-refractivity contribution < 1.29 is 9.59 Å². The van der Waals surface area contributed by atoms with Gasteiger partial charge in [-0.2, -0.15) is 0 Å². The SMILES string of the molecule is O=C(c1ccc[nH]c1=O)N1CCN(C(=O)C2CCCCC2)CC1. The van der Waals surface area contributed by atoms with Gasteiger partial charge in [0.2, 0.25) is 5.91 Å². The zero-order valence-electron chi connectivity index (χ0n) is 13.3. The first-order valence-electron chi connectivity index (χ1n) is 8.42. The van der Waals surface area contributed by atoms with Gasteiger partial charge in [0.25, 0.3) is 11.5 Å². The third-order valence-corrected chi connectivity index (χ3v) is 4.88. The second kappa shape index (κ2) is 6.98. The topological polar surface area (TPSA) is 73.5 Å². The lowest BCUT2D eigenvalue weighted by Gasteiger charge is -2.37. The standard InChI is InChI=1S/C17H23N3O3/c21-15-14(7-4-8-18-15)17(23)20-11-9-19(10-12-20)16(22)13-5-2-1-3-6-13/h4,7-8,13H,1-3,5-6,9-12H2,(H,18,21). The van der Waals surface area contributed by atoms with E-state index in [1.165, 1.54) is 12.6 Å². The molecule has 2 amide bonds. The highest BCUT2D eigenvalue weighted by Gasteiger charge is 2.30. The highest BCUT2D eigenvalue weighted by Crippen LogP contribution is 2.25. The highest BCUT2D eigenvalue weighted by molar-refractivity contribution is 5.94. The number of nitrogens with zero attached hydrogens (tertiary/aromatic N) is 2. The summed E-state index contributed by atoms with van der Waals surface area (Å²) in [5, 5.41) is 0. The Morgan fingerprint density at radius 1 is 1.00 bits per heavy atom. The number of H-pyrrole nitrogens is 1. The van der Waals surface area contributed by atoms with E-state index in [1.54, 1.807) is 17.0 Å². The molecule has 6 nitrogen and oxygen atoms in total. The molecule has 6 heteroatoms. The molecule has 1 aliphatic carbocycles. The number of aromatic amines is 1. The summed E-state index contributed by atoms with van der Waals surface area (Å²) in [6.45, 7) is 2.11. The van der Waals surface area contributed by atoms with E-state index >= 15 is 0 Å². The molecule has 1 saturated carbocycles. The minimum Gasteiger partial charge on any atom is -0.339 e. The van der Waals surface area contributed by atoms with Gasteiger partial charge in [0.05, 0.1) is 0 Å². The molecule has 0 unspecified atom stereocenters. The van der Waals surface area contributed by atoms with Crippen molar-refractivity contribution in [3.63, 3.8) is 0 Å². The Morgan fingerprint density at radius 3 is 2.30 bits per heavy atom. The maximum absolute atomic E-state index is 12.5. The normalized spacial score (nSPS) is 19.7. The van der Waals surface area contributed by atoms with E-state index in [2.05, 4.69) is 4.98 Å². The van der Waals surface area contributed by atoms with Gasteiger partial charge in [0, 0.05) is 38.3 Å². The van der Waals surface area contributed by atoms with Crippen LogP contribution in [0.2, 0.25) is 0 Å². The van der Waals surface area contributed by atoms with Gasteiger partial charge in [0.1, 0.15) is 5.56 Å². The van der Waals surface area contributed by atoms with E-state index in [0.29, 0.717) is 26.2 Å². The van der Waals surface area contributed by atoms with Crippen molar-refractivity contribution in [3.05, 3.63) is 34.2 Å². The Hall–Kier alpha value is -2.11. The van der Waals surface area contributed by atoms with Crippen LogP contribution in [-0.2, 0) is 4.79 Å². The number of hydrogen-bond acceptors (Lipinski definition) is 3. The molecular formula is C17H23N3O3. The fourth-order valence-corrected chi connectivity index (χ4v) is 3.50. The smallest absolute Gasteiger partial charge is 0.260 e. The van der Waals surface area contributed by atoms with Crippen LogP contribution in [0, 0.1) is 5.92 Å². The Morgan fingerprint density at radius 2 is 1.65 bits per heavy atom. The lowest BCUT2D eigenvalue weighted by atomic mass is 9.88. The molecule has 0 aromatic carbocycles. The molecule has 0 bridgehead atoms. The van der Waals surface area contributed by atoms with Crippen molar-refractivity contribution in [1.82, 2.24) is 14.8 Å². The quantitative estimate of drug-likeness (QED) is 0.892. The summed E-state index contributed by atoms with van der Waals surface area (Å²) in [5.41, 5.74) is -0.197. The first kappa shape index (κ1) is 15.8. The molecular weight excluding hydrogens is 294 g/mol. The Kier molecular flexibility index (Phi) is 4.79. The van der Waals surface area contributed by atoms with Gasteiger partial charge in [-0.05, 0) is 25.0 Å². The number of aromatic nitrogens is 1. The number of piperazine rings is 1. The average Bonchev–Trinajstić information content (AvgIpc) is 2.62. The van der Waals surface area contributed by atoms with Crippen LogP contribution in [-0.4, -0.2) is 52.8 Å². The average molecular weight is 317 g/mol. The third kappa shape index (κ3) is 3.46. The van der Waals surface area contributed by atoms with E-state index in [0.717, 1.165) is 25.7 Å². The molecule has 1 aliphatic heterocycles. The molecule has 1 saturated heterocycles. The van der Waals surface area contributed by atoms with Crippen LogP contribution >= 0.6 is 0 Å². The van der Waals surface area contributed by atoms with Crippen molar-refractivity contribution in [2.24, 2.45) is 5.92 Å². The van der Waals surface area contributed by atoms with Gasteiger partial charge in [-0.3, -0.25) is 14.4 Å². The summed E-state index contributed by atoms with van der Waals surface area (Å²) in [6, 6.07) is 3.19. The molecule has 0 radical (unpaired) electrons. The maximum atomic E-state index is 12.5. The second-order valence-electron chi connectivity index (χ2n) is 6.37. The number of hydrogen-bond donors (Lipinski definition) is 1. The summed E-state index contributed by atoms with van der Waals surface area (Å²) in [5.74, 6) is 0.161. The fraction of sp³-hybridized carbons (Fsp3) is 0.588. The zero-order valence-corrected chi connectivity index (χ0v) is 13.3. The van der Waals surface area contributed by atoms with Crippen molar-refractivity contribution in [2.45, 2.75) is 32.1 Å². The van der Waals surface area contributed by atoms with Crippen molar-refractivity contribution in [2.75, 3.05) is 26.2 Å². The first-order chi connectivity index (χ1) is 11.2. The van der Waals surface area contributed by atoms with Gasteiger partial charge in [-0.1, -0.05) is 19.3 Å². The van der Waals surface area contributed by atoms with Crippen molar-refractivity contribution >= 4 is 11.8 Å². The minimum atomic E-state index is -0.363. The van der Waals surface area contributed by atoms with Crippen molar-refractivity contribution in [3.8, 4) is 0 Å². The maximum Gasteiger partial charge on any atom is 0.260 e. The number of rotatable bonds is 2. The molecule has 1 aromatic rings. The van der Waals surface area contributed by atoms with Crippen LogP contribution in [0.1, 0.15) is 42.5 Å². The van der Waals surface area contributed by atoms with E-state index in [9.17, 15) is 14.4 Å². The predicted octanol–water partition coefficient (Wildman–Crippen LogP) is 1.24. The van der Waals surface area contributed by atoms with Crippen LogP contribution in [0.15, 0.2) is 23.1 Å². The molecule has 2 heterocycles. The lowest BCUT2D eigenvalue weighted by molar-refractivity contribution is -0.138. The van der Waals surface area contributed by atoms with Crippen LogP contribution in [0.25, 0.3) is 0 Å². The van der Waals surface area contributed by atoms with E-state index in [4.69, 9.17) is 0 Å². The van der Waals surface area contributed by atoms with E-state index < -0.39 is 0 Å². The number of carbonyl (C=O) groups is 2. The Labute approximate surface area is 135 Å². The largest absolute Gasteiger partial charge is 0.339 e. The summed E-state index contributed by atoms with van der Waals surface area (Å²) in [7, 11) is 0. The number of amides is 2. The van der Waals surface area contributed by atoms with Crippen LogP contribution in [0.5, 0.6) is 0 Å². The van der Waals surface area contributed by atoms with Gasteiger partial charge in [-0.25, -0.2) is 0 Å². The number of pyridine rings is 1. The van der Waals surface area contributed by atoms with Gasteiger partial charge in [-0.15, -0.1) is 0 Å². The zero-order chi connectivity index (χ0) is 16.2. The molecule has 2 aliphatic rings. The summed E-state index contributed by atoms with van der Waals surface area (Å²) in [4.78, 5) is 42.7. The van der Waals surface area contributed by atoms with E-state index in [-0.39, 0.29) is 28.9 Å². The van der Waals surface area contributed by atoms with Gasteiger partial charge in [0.15, 0.2) is 0 Å². The Balaban J connectivity index is 1.58. The minimum absolute atomic E-state index is 0.166. The molecule has 1 aromatic heterocycles. The Bertz CT molecular complexity index is 626. The van der Waals surface area contributed by atoms with Gasteiger partial charge < -0.3 is 14.8 Å². The second-order valence-corrected chi connectivity index (χ2v) is 6.37. The predicted molar refractivity (Wildman–Crippen MR) is 86.1 cm³/mol. The molecule has 0 atom stereocenters. The van der Waals surface area contributed by atoms with Crippen molar-refractivity contribution in [1.29, 1.82) is 0 Å². The molecule has 3 rings (SSSR count). The monoisotopic (exact) mass is 317 g/mol. The molecule has 0 spiro atoms. The fourth-order valence-electron chi connectivity index (χ4n) is 3.50. The molecule has 1 N–H and O–H groups in total. The van der Waals surface area contributed by atoms with Crippen LogP contribution < -0.4 is 5.56 Å². The van der Waals surface area contributed by atoms with E-state index in [1.807, 2.05) is 4.90 Å². The molecule has 23 heavy (non-hydrogen) atoms. The number of nitrogens with one attached hydrogen (secondary N) is 1. The summed E-state index contributed by atoms with van der Waals surface area (Å²) >= 11 is 0. The molecule has 2 fully saturated rings. The number of carbonyl (C=O) groups excluding carboxylic acids is 2. The van der Waals surface area contributed by atoms with Gasteiger partial charge >= 0.3 is 0 Å². The summed E-state index contributed by atoms with van der Waals surface area (Å²) in [6.07, 6.45) is 7.03. The lowest BCUT2D eigenvalue weighted by Crippen LogP contribution is -2.52. The highest BCUT2D eigenvalue weighted by atomic mass is 16.2. The van der Waals surface area contributed by atoms with Crippen LogP contribution in [0.4, 0.5) is 0 Å². The first-order valence-corrected chi connectivity index (χ1v) is 8.42. The van der Waals surface area contributed by atoms with Crippen LogP contribution in [0.3, 0.4) is 0 Å². The molecule has 124 valence electrons. The summed E-state index contributed by atoms with van der Waals surface area (Å²) < 4.78 is 0. The third-order valence-electron chi connectivity index (χ3n) is 4.88.